The molecule has 0 radical (unpaired) electrons. The molecule has 0 saturated heterocycles. The Morgan fingerprint density at radius 3 is 2.52 bits per heavy atom. The summed E-state index contributed by atoms with van der Waals surface area (Å²) in [6.07, 6.45) is 1.60. The summed E-state index contributed by atoms with van der Waals surface area (Å²) in [5, 5.41) is 0.883. The number of fused-ring (bicyclic) bond motifs is 1. The Labute approximate surface area is 156 Å². The first-order chi connectivity index (χ1) is 13.3. The number of hydrogen-bond donors (Lipinski definition) is 0. The molecule has 0 bridgehead atoms. The molecule has 0 spiro atoms. The van der Waals surface area contributed by atoms with Crippen molar-refractivity contribution in [1.82, 2.24) is 0 Å². The van der Waals surface area contributed by atoms with Crippen LogP contribution in [-0.4, -0.2) is 13.0 Å². The van der Waals surface area contributed by atoms with E-state index in [1.807, 2.05) is 60.7 Å². The predicted octanol–water partition coefficient (Wildman–Crippen LogP) is 5.02. The largest absolute Gasteiger partial charge is 0.467 e. The highest BCUT2D eigenvalue weighted by atomic mass is 16.5. The van der Waals surface area contributed by atoms with E-state index in [-0.39, 0.29) is 11.7 Å². The van der Waals surface area contributed by atoms with Crippen molar-refractivity contribution >= 4 is 22.6 Å². The third-order valence-electron chi connectivity index (χ3n) is 4.39. The standard InChI is InChI=1S/C22H19NO4/c1-25-15-19-18-11-5-6-12-20(18)27-21(19)22(24)23(14-17-10-7-13-26-17)16-8-3-2-4-9-16/h2-13H,14-15H2,1H3. The molecular weight excluding hydrogens is 342 g/mol. The summed E-state index contributed by atoms with van der Waals surface area (Å²) in [6, 6.07) is 20.7. The highest BCUT2D eigenvalue weighted by molar-refractivity contribution is 6.07. The normalized spacial score (nSPS) is 11.0. The second kappa shape index (κ2) is 7.51. The van der Waals surface area contributed by atoms with Gasteiger partial charge in [0.15, 0.2) is 5.76 Å². The van der Waals surface area contributed by atoms with Crippen LogP contribution in [0.4, 0.5) is 5.69 Å². The van der Waals surface area contributed by atoms with Crippen LogP contribution in [0.25, 0.3) is 11.0 Å². The summed E-state index contributed by atoms with van der Waals surface area (Å²) in [5.41, 5.74) is 2.18. The van der Waals surface area contributed by atoms with Crippen molar-refractivity contribution in [3.63, 3.8) is 0 Å². The maximum Gasteiger partial charge on any atom is 0.294 e. The lowest BCUT2D eigenvalue weighted by atomic mass is 10.1. The van der Waals surface area contributed by atoms with Gasteiger partial charge in [-0.3, -0.25) is 9.69 Å². The highest BCUT2D eigenvalue weighted by Crippen LogP contribution is 2.29. The molecule has 0 aliphatic heterocycles. The van der Waals surface area contributed by atoms with Crippen LogP contribution in [0.5, 0.6) is 0 Å². The van der Waals surface area contributed by atoms with Crippen molar-refractivity contribution in [1.29, 1.82) is 0 Å². The number of rotatable bonds is 6. The van der Waals surface area contributed by atoms with Gasteiger partial charge in [0.2, 0.25) is 0 Å². The number of carbonyl (C=O) groups excluding carboxylic acids is 1. The van der Waals surface area contributed by atoms with Crippen molar-refractivity contribution < 1.29 is 18.4 Å². The van der Waals surface area contributed by atoms with Crippen molar-refractivity contribution in [3.8, 4) is 0 Å². The predicted molar refractivity (Wildman–Crippen MR) is 103 cm³/mol. The molecule has 0 unspecified atom stereocenters. The van der Waals surface area contributed by atoms with Crippen LogP contribution >= 0.6 is 0 Å². The topological polar surface area (TPSA) is 55.8 Å². The first-order valence-corrected chi connectivity index (χ1v) is 8.66. The Kier molecular flexibility index (Phi) is 4.77. The van der Waals surface area contributed by atoms with Crippen LogP contribution in [-0.2, 0) is 17.9 Å². The Balaban J connectivity index is 1.79. The van der Waals surface area contributed by atoms with Crippen LogP contribution in [0.1, 0.15) is 21.9 Å². The number of amides is 1. The Morgan fingerprint density at radius 2 is 1.78 bits per heavy atom. The number of furan rings is 2. The lowest BCUT2D eigenvalue weighted by Crippen LogP contribution is -2.30. The van der Waals surface area contributed by atoms with E-state index in [2.05, 4.69) is 0 Å². The number of anilines is 1. The number of hydrogen-bond acceptors (Lipinski definition) is 4. The minimum atomic E-state index is -0.235. The van der Waals surface area contributed by atoms with Crippen LogP contribution in [0, 0.1) is 0 Å². The van der Waals surface area contributed by atoms with Gasteiger partial charge in [0.25, 0.3) is 5.91 Å². The number of para-hydroxylation sites is 2. The Bertz CT molecular complexity index is 1030. The summed E-state index contributed by atoms with van der Waals surface area (Å²) >= 11 is 0. The molecule has 5 nitrogen and oxygen atoms in total. The van der Waals surface area contributed by atoms with Gasteiger partial charge in [0.05, 0.1) is 19.4 Å². The molecule has 0 N–H and O–H groups in total. The van der Waals surface area contributed by atoms with Crippen LogP contribution in [0.3, 0.4) is 0 Å². The molecule has 27 heavy (non-hydrogen) atoms. The fourth-order valence-electron chi connectivity index (χ4n) is 3.13. The lowest BCUT2D eigenvalue weighted by Gasteiger charge is -2.21. The number of benzene rings is 2. The van der Waals surface area contributed by atoms with Crippen LogP contribution in [0.2, 0.25) is 0 Å². The van der Waals surface area contributed by atoms with Gasteiger partial charge in [0.1, 0.15) is 11.3 Å². The van der Waals surface area contributed by atoms with E-state index in [0.29, 0.717) is 24.5 Å². The summed E-state index contributed by atoms with van der Waals surface area (Å²) in [4.78, 5) is 15.1. The quantitative estimate of drug-likeness (QED) is 0.484. The fourth-order valence-corrected chi connectivity index (χ4v) is 3.13. The minimum Gasteiger partial charge on any atom is -0.467 e. The van der Waals surface area contributed by atoms with E-state index in [1.165, 1.54) is 0 Å². The SMILES string of the molecule is COCc1c(C(=O)N(Cc2ccco2)c2ccccc2)oc2ccccc12. The van der Waals surface area contributed by atoms with Crippen LogP contribution < -0.4 is 4.90 Å². The fraction of sp³-hybridized carbons (Fsp3) is 0.136. The third kappa shape index (κ3) is 3.37. The van der Waals surface area contributed by atoms with Gasteiger partial charge >= 0.3 is 0 Å². The van der Waals surface area contributed by atoms with E-state index < -0.39 is 0 Å². The molecule has 4 rings (SSSR count). The molecule has 0 atom stereocenters. The number of methoxy groups -OCH3 is 1. The molecule has 2 heterocycles. The zero-order valence-corrected chi connectivity index (χ0v) is 14.9. The van der Waals surface area contributed by atoms with Crippen molar-refractivity contribution in [3.05, 3.63) is 90.1 Å². The molecule has 2 aromatic heterocycles. The van der Waals surface area contributed by atoms with E-state index in [0.717, 1.165) is 16.6 Å². The molecule has 1 amide bonds. The van der Waals surface area contributed by atoms with Gasteiger partial charge in [0, 0.05) is 23.7 Å². The first kappa shape index (κ1) is 17.1. The second-order valence-electron chi connectivity index (χ2n) is 6.15. The third-order valence-corrected chi connectivity index (χ3v) is 4.39. The average molecular weight is 361 g/mol. The Morgan fingerprint density at radius 1 is 1.00 bits per heavy atom. The van der Waals surface area contributed by atoms with Crippen LogP contribution in [0.15, 0.2) is 81.8 Å². The first-order valence-electron chi connectivity index (χ1n) is 8.66. The second-order valence-corrected chi connectivity index (χ2v) is 6.15. The minimum absolute atomic E-state index is 0.235. The summed E-state index contributed by atoms with van der Waals surface area (Å²) in [6.45, 7) is 0.598. The molecule has 2 aromatic carbocycles. The summed E-state index contributed by atoms with van der Waals surface area (Å²) in [5.74, 6) is 0.742. The van der Waals surface area contributed by atoms with Gasteiger partial charge in [-0.05, 0) is 30.3 Å². The molecule has 4 aromatic rings. The van der Waals surface area contributed by atoms with Gasteiger partial charge in [-0.1, -0.05) is 36.4 Å². The van der Waals surface area contributed by atoms with Gasteiger partial charge < -0.3 is 13.6 Å². The van der Waals surface area contributed by atoms with E-state index >= 15 is 0 Å². The van der Waals surface area contributed by atoms with Gasteiger partial charge in [-0.15, -0.1) is 0 Å². The van der Waals surface area contributed by atoms with Crippen molar-refractivity contribution in [2.75, 3.05) is 12.0 Å². The summed E-state index contributed by atoms with van der Waals surface area (Å²) in [7, 11) is 1.61. The summed E-state index contributed by atoms with van der Waals surface area (Å²) < 4.78 is 16.7. The molecule has 0 aliphatic rings. The molecule has 5 heteroatoms. The number of carbonyl (C=O) groups is 1. The molecule has 136 valence electrons. The van der Waals surface area contributed by atoms with E-state index in [4.69, 9.17) is 13.6 Å². The lowest BCUT2D eigenvalue weighted by molar-refractivity contribution is 0.0952. The van der Waals surface area contributed by atoms with Crippen molar-refractivity contribution in [2.45, 2.75) is 13.2 Å². The zero-order chi connectivity index (χ0) is 18.6. The van der Waals surface area contributed by atoms with Crippen molar-refractivity contribution in [2.24, 2.45) is 0 Å². The van der Waals surface area contributed by atoms with Gasteiger partial charge in [-0.2, -0.15) is 0 Å². The molecule has 0 aliphatic carbocycles. The monoisotopic (exact) mass is 361 g/mol. The maximum atomic E-state index is 13.5. The Hall–Kier alpha value is -3.31. The highest BCUT2D eigenvalue weighted by Gasteiger charge is 2.27. The maximum absolute atomic E-state index is 13.5. The average Bonchev–Trinajstić information content (AvgIpc) is 3.35. The number of nitrogens with zero attached hydrogens (tertiary/aromatic N) is 1. The molecular formula is C22H19NO4. The van der Waals surface area contributed by atoms with Gasteiger partial charge in [-0.25, -0.2) is 0 Å². The van der Waals surface area contributed by atoms with E-state index in [9.17, 15) is 4.79 Å². The molecule has 0 saturated carbocycles. The van der Waals surface area contributed by atoms with E-state index in [1.54, 1.807) is 24.3 Å². The molecule has 0 fully saturated rings. The number of ether oxygens (including phenoxy) is 1. The zero-order valence-electron chi connectivity index (χ0n) is 14.9. The smallest absolute Gasteiger partial charge is 0.294 e.